The molecule has 3 heteroatoms. The highest BCUT2D eigenvalue weighted by Gasteiger charge is 2.16. The summed E-state index contributed by atoms with van der Waals surface area (Å²) in [5, 5.41) is 0. The van der Waals surface area contributed by atoms with E-state index in [2.05, 4.69) is 20.8 Å². The van der Waals surface area contributed by atoms with E-state index < -0.39 is 6.04 Å². The number of ether oxygens (including phenoxy) is 1. The number of rotatable bonds is 7. The Balaban J connectivity index is 3.58. The second kappa shape index (κ2) is 6.83. The van der Waals surface area contributed by atoms with E-state index in [4.69, 9.17) is 10.5 Å². The van der Waals surface area contributed by atoms with Gasteiger partial charge in [-0.15, -0.1) is 0 Å². The molecule has 90 valence electrons. The van der Waals surface area contributed by atoms with Crippen molar-refractivity contribution in [3.63, 3.8) is 0 Å². The normalized spacial score (nSPS) is 13.7. The van der Waals surface area contributed by atoms with Crippen molar-refractivity contribution in [2.45, 2.75) is 59.4 Å². The summed E-state index contributed by atoms with van der Waals surface area (Å²) in [5.41, 5.74) is 5.73. The lowest BCUT2D eigenvalue weighted by Crippen LogP contribution is -2.29. The van der Waals surface area contributed by atoms with Crippen LogP contribution in [0.4, 0.5) is 0 Å². The fourth-order valence-electron chi connectivity index (χ4n) is 1.66. The molecule has 0 rings (SSSR count). The Bertz CT molecular complexity index is 188. The average molecular weight is 215 g/mol. The zero-order valence-electron chi connectivity index (χ0n) is 10.5. The van der Waals surface area contributed by atoms with Crippen LogP contribution in [0.3, 0.4) is 0 Å². The van der Waals surface area contributed by atoms with E-state index in [0.717, 1.165) is 12.8 Å². The molecule has 0 spiro atoms. The first-order valence-electron chi connectivity index (χ1n) is 5.81. The summed E-state index contributed by atoms with van der Waals surface area (Å²) in [6, 6.07) is -0.506. The number of nitrogens with two attached hydrogens (primary N) is 1. The standard InChI is InChI=1S/C12H25NO2/c1-5-7-12(3,4)8-6-9-15-11(14)10(2)13/h10H,5-9,13H2,1-4H3. The first-order chi connectivity index (χ1) is 6.89. The van der Waals surface area contributed by atoms with E-state index in [9.17, 15) is 4.79 Å². The highest BCUT2D eigenvalue weighted by Crippen LogP contribution is 2.27. The molecule has 0 heterocycles. The second-order valence-electron chi connectivity index (χ2n) is 4.97. The number of hydrogen-bond donors (Lipinski definition) is 1. The minimum Gasteiger partial charge on any atom is -0.465 e. The van der Waals surface area contributed by atoms with Crippen LogP contribution in [0.15, 0.2) is 0 Å². The monoisotopic (exact) mass is 215 g/mol. The topological polar surface area (TPSA) is 52.3 Å². The van der Waals surface area contributed by atoms with Gasteiger partial charge in [-0.3, -0.25) is 4.79 Å². The van der Waals surface area contributed by atoms with Gasteiger partial charge in [0.25, 0.3) is 0 Å². The van der Waals surface area contributed by atoms with Gasteiger partial charge in [-0.2, -0.15) is 0 Å². The third kappa shape index (κ3) is 7.37. The van der Waals surface area contributed by atoms with Gasteiger partial charge in [0.1, 0.15) is 6.04 Å². The molecule has 1 atom stereocenters. The molecule has 1 unspecified atom stereocenters. The van der Waals surface area contributed by atoms with Gasteiger partial charge in [-0.25, -0.2) is 0 Å². The smallest absolute Gasteiger partial charge is 0.322 e. The van der Waals surface area contributed by atoms with Gasteiger partial charge in [-0.1, -0.05) is 27.2 Å². The van der Waals surface area contributed by atoms with Crippen molar-refractivity contribution < 1.29 is 9.53 Å². The van der Waals surface area contributed by atoms with Crippen molar-refractivity contribution in [3.8, 4) is 0 Å². The molecule has 0 saturated heterocycles. The quantitative estimate of drug-likeness (QED) is 0.524. The molecule has 0 fully saturated rings. The van der Waals surface area contributed by atoms with E-state index >= 15 is 0 Å². The predicted octanol–water partition coefficient (Wildman–Crippen LogP) is 2.48. The van der Waals surface area contributed by atoms with Crippen molar-refractivity contribution in [3.05, 3.63) is 0 Å². The van der Waals surface area contributed by atoms with Gasteiger partial charge in [0, 0.05) is 0 Å². The Morgan fingerprint density at radius 1 is 1.40 bits per heavy atom. The first kappa shape index (κ1) is 14.4. The summed E-state index contributed by atoms with van der Waals surface area (Å²) >= 11 is 0. The summed E-state index contributed by atoms with van der Waals surface area (Å²) in [6.45, 7) is 8.84. The second-order valence-corrected chi connectivity index (χ2v) is 4.97. The van der Waals surface area contributed by atoms with Crippen molar-refractivity contribution in [2.24, 2.45) is 11.1 Å². The number of hydrogen-bond acceptors (Lipinski definition) is 3. The minimum atomic E-state index is -0.506. The first-order valence-corrected chi connectivity index (χ1v) is 5.81. The van der Waals surface area contributed by atoms with Gasteiger partial charge in [0.2, 0.25) is 0 Å². The molecule has 2 N–H and O–H groups in total. The van der Waals surface area contributed by atoms with Crippen LogP contribution in [0.25, 0.3) is 0 Å². The molecule has 0 aliphatic carbocycles. The molecule has 0 aromatic heterocycles. The minimum absolute atomic E-state index is 0.303. The van der Waals surface area contributed by atoms with Crippen molar-refractivity contribution in [2.75, 3.05) is 6.61 Å². The molecule has 0 aliphatic heterocycles. The van der Waals surface area contributed by atoms with Crippen LogP contribution in [0.2, 0.25) is 0 Å². The molecular formula is C12H25NO2. The SMILES string of the molecule is CCCC(C)(C)CCCOC(=O)C(C)N. The maximum Gasteiger partial charge on any atom is 0.322 e. The molecule has 0 aliphatic rings. The van der Waals surface area contributed by atoms with Gasteiger partial charge in [0.15, 0.2) is 0 Å². The molecular weight excluding hydrogens is 190 g/mol. The molecule has 0 aromatic carbocycles. The lowest BCUT2D eigenvalue weighted by atomic mass is 9.83. The summed E-state index contributed by atoms with van der Waals surface area (Å²) in [4.78, 5) is 11.0. The predicted molar refractivity (Wildman–Crippen MR) is 62.5 cm³/mol. The summed E-state index contributed by atoms with van der Waals surface area (Å²) in [6.07, 6.45) is 4.43. The van der Waals surface area contributed by atoms with Crippen molar-refractivity contribution >= 4 is 5.97 Å². The van der Waals surface area contributed by atoms with Gasteiger partial charge >= 0.3 is 5.97 Å². The van der Waals surface area contributed by atoms with Crippen LogP contribution < -0.4 is 5.73 Å². The zero-order chi connectivity index (χ0) is 11.9. The highest BCUT2D eigenvalue weighted by atomic mass is 16.5. The Kier molecular flexibility index (Phi) is 6.57. The summed E-state index contributed by atoms with van der Waals surface area (Å²) < 4.78 is 5.01. The Morgan fingerprint density at radius 3 is 2.47 bits per heavy atom. The molecule has 0 saturated carbocycles. The number of esters is 1. The van der Waals surface area contributed by atoms with Crippen LogP contribution in [0, 0.1) is 5.41 Å². The van der Waals surface area contributed by atoms with Crippen molar-refractivity contribution in [1.82, 2.24) is 0 Å². The fourth-order valence-corrected chi connectivity index (χ4v) is 1.66. The highest BCUT2D eigenvalue weighted by molar-refractivity contribution is 5.74. The molecule has 0 radical (unpaired) electrons. The zero-order valence-corrected chi connectivity index (χ0v) is 10.5. The van der Waals surface area contributed by atoms with Gasteiger partial charge < -0.3 is 10.5 Å². The lowest BCUT2D eigenvalue weighted by molar-refractivity contribution is -0.145. The Morgan fingerprint density at radius 2 is 2.00 bits per heavy atom. The number of carbonyl (C=O) groups is 1. The van der Waals surface area contributed by atoms with Crippen LogP contribution in [0.5, 0.6) is 0 Å². The Labute approximate surface area is 93.4 Å². The summed E-state index contributed by atoms with van der Waals surface area (Å²) in [7, 11) is 0. The third-order valence-corrected chi connectivity index (χ3v) is 2.54. The van der Waals surface area contributed by atoms with Crippen LogP contribution in [0.1, 0.15) is 53.4 Å². The molecule has 15 heavy (non-hydrogen) atoms. The molecule has 0 amide bonds. The lowest BCUT2D eigenvalue weighted by Gasteiger charge is -2.23. The molecule has 3 nitrogen and oxygen atoms in total. The number of carbonyl (C=O) groups excluding carboxylic acids is 1. The largest absolute Gasteiger partial charge is 0.465 e. The van der Waals surface area contributed by atoms with E-state index in [0.29, 0.717) is 12.0 Å². The average Bonchev–Trinajstić information content (AvgIpc) is 2.11. The van der Waals surface area contributed by atoms with Gasteiger partial charge in [-0.05, 0) is 31.6 Å². The third-order valence-electron chi connectivity index (χ3n) is 2.54. The van der Waals surface area contributed by atoms with E-state index in [1.807, 2.05) is 0 Å². The maximum absolute atomic E-state index is 11.0. The van der Waals surface area contributed by atoms with Crippen LogP contribution in [-0.4, -0.2) is 18.6 Å². The molecule has 0 bridgehead atoms. The van der Waals surface area contributed by atoms with Gasteiger partial charge in [0.05, 0.1) is 6.61 Å². The van der Waals surface area contributed by atoms with Crippen LogP contribution >= 0.6 is 0 Å². The maximum atomic E-state index is 11.0. The van der Waals surface area contributed by atoms with E-state index in [1.54, 1.807) is 6.92 Å². The molecule has 0 aromatic rings. The van der Waals surface area contributed by atoms with Crippen LogP contribution in [-0.2, 0) is 9.53 Å². The summed E-state index contributed by atoms with van der Waals surface area (Å²) in [5.74, 6) is -0.303. The fraction of sp³-hybridized carbons (Fsp3) is 0.917. The Hall–Kier alpha value is -0.570. The van der Waals surface area contributed by atoms with E-state index in [-0.39, 0.29) is 5.97 Å². The van der Waals surface area contributed by atoms with E-state index in [1.165, 1.54) is 12.8 Å². The van der Waals surface area contributed by atoms with Crippen molar-refractivity contribution in [1.29, 1.82) is 0 Å².